The van der Waals surface area contributed by atoms with E-state index in [0.29, 0.717) is 11.3 Å². The monoisotopic (exact) mass is 409 g/mol. The van der Waals surface area contributed by atoms with Crippen LogP contribution in [0, 0.1) is 10.1 Å². The van der Waals surface area contributed by atoms with Crippen LogP contribution in [-0.4, -0.2) is 28.8 Å². The summed E-state index contributed by atoms with van der Waals surface area (Å²) in [5.74, 6) is 0.685. The quantitative estimate of drug-likeness (QED) is 0.303. The second-order valence-electron chi connectivity index (χ2n) is 5.33. The van der Waals surface area contributed by atoms with Crippen molar-refractivity contribution in [3.05, 3.63) is 58.1 Å². The maximum Gasteiger partial charge on any atom is 0.387 e. The topological polar surface area (TPSA) is 101 Å². The standard InChI is InChI=1S/C17H13F2N3O5S/c1-25-14-7-10(5-6-13(14)26-16(18)19)9-28-17-21-20-15(27-17)11-3-2-4-12(8-11)22(23)24/h2-8,16H,9H2,1H3. The lowest BCUT2D eigenvalue weighted by molar-refractivity contribution is -0.384. The van der Waals surface area contributed by atoms with E-state index in [1.54, 1.807) is 18.2 Å². The molecule has 0 aliphatic heterocycles. The third-order valence-electron chi connectivity index (χ3n) is 3.52. The van der Waals surface area contributed by atoms with Crippen molar-refractivity contribution in [1.29, 1.82) is 0 Å². The van der Waals surface area contributed by atoms with Crippen LogP contribution in [0.4, 0.5) is 14.5 Å². The van der Waals surface area contributed by atoms with Gasteiger partial charge in [0, 0.05) is 23.4 Å². The van der Waals surface area contributed by atoms with E-state index in [9.17, 15) is 18.9 Å². The molecule has 11 heteroatoms. The molecule has 3 rings (SSSR count). The molecule has 0 saturated heterocycles. The number of methoxy groups -OCH3 is 1. The van der Waals surface area contributed by atoms with E-state index in [-0.39, 0.29) is 28.3 Å². The van der Waals surface area contributed by atoms with Gasteiger partial charge in [0.2, 0.25) is 5.89 Å². The zero-order valence-electron chi connectivity index (χ0n) is 14.4. The molecule has 0 aliphatic rings. The van der Waals surface area contributed by atoms with Crippen LogP contribution in [0.5, 0.6) is 11.5 Å². The lowest BCUT2D eigenvalue weighted by Gasteiger charge is -2.10. The van der Waals surface area contributed by atoms with Crippen LogP contribution in [0.25, 0.3) is 11.5 Å². The van der Waals surface area contributed by atoms with E-state index in [1.165, 1.54) is 43.1 Å². The summed E-state index contributed by atoms with van der Waals surface area (Å²) in [4.78, 5) is 10.3. The summed E-state index contributed by atoms with van der Waals surface area (Å²) >= 11 is 1.22. The number of aromatic nitrogens is 2. The van der Waals surface area contributed by atoms with Crippen LogP contribution in [0.2, 0.25) is 0 Å². The minimum atomic E-state index is -2.94. The predicted molar refractivity (Wildman–Crippen MR) is 95.6 cm³/mol. The molecular formula is C17H13F2N3O5S. The Balaban J connectivity index is 1.69. The first kappa shape index (κ1) is 19.5. The third-order valence-corrected chi connectivity index (χ3v) is 4.41. The molecule has 0 unspecified atom stereocenters. The molecule has 0 bridgehead atoms. The Kier molecular flexibility index (Phi) is 6.04. The summed E-state index contributed by atoms with van der Waals surface area (Å²) in [6.07, 6.45) is 0. The van der Waals surface area contributed by atoms with Gasteiger partial charge in [-0.3, -0.25) is 10.1 Å². The van der Waals surface area contributed by atoms with Gasteiger partial charge in [0.05, 0.1) is 12.0 Å². The Bertz CT molecular complexity index is 983. The van der Waals surface area contributed by atoms with Crippen molar-refractivity contribution in [3.8, 4) is 23.0 Å². The highest BCUT2D eigenvalue weighted by atomic mass is 32.2. The fourth-order valence-corrected chi connectivity index (χ4v) is 2.98. The Labute approximate surface area is 161 Å². The highest BCUT2D eigenvalue weighted by molar-refractivity contribution is 7.98. The second kappa shape index (κ2) is 8.65. The molecule has 1 aromatic heterocycles. The van der Waals surface area contributed by atoms with Crippen LogP contribution in [0.15, 0.2) is 52.1 Å². The Morgan fingerprint density at radius 3 is 2.75 bits per heavy atom. The molecule has 1 heterocycles. The average Bonchev–Trinajstić information content (AvgIpc) is 3.16. The molecule has 0 amide bonds. The van der Waals surface area contributed by atoms with Gasteiger partial charge in [0.15, 0.2) is 11.5 Å². The largest absolute Gasteiger partial charge is 0.493 e. The summed E-state index contributed by atoms with van der Waals surface area (Å²) in [5.41, 5.74) is 1.12. The minimum Gasteiger partial charge on any atom is -0.493 e. The number of hydrogen-bond donors (Lipinski definition) is 0. The number of nitro groups is 1. The molecule has 2 aromatic carbocycles. The van der Waals surface area contributed by atoms with Gasteiger partial charge >= 0.3 is 6.61 Å². The van der Waals surface area contributed by atoms with E-state index in [4.69, 9.17) is 9.15 Å². The van der Waals surface area contributed by atoms with E-state index in [1.807, 2.05) is 0 Å². The van der Waals surface area contributed by atoms with Crippen molar-refractivity contribution in [1.82, 2.24) is 10.2 Å². The molecule has 0 atom stereocenters. The molecule has 146 valence electrons. The van der Waals surface area contributed by atoms with E-state index in [0.717, 1.165) is 5.56 Å². The van der Waals surface area contributed by atoms with Crippen molar-refractivity contribution in [3.63, 3.8) is 0 Å². The normalized spacial score (nSPS) is 10.9. The smallest absolute Gasteiger partial charge is 0.387 e. The Morgan fingerprint density at radius 2 is 2.04 bits per heavy atom. The molecule has 0 fully saturated rings. The summed E-state index contributed by atoms with van der Waals surface area (Å²) in [7, 11) is 1.36. The highest BCUT2D eigenvalue weighted by Gasteiger charge is 2.14. The van der Waals surface area contributed by atoms with E-state index >= 15 is 0 Å². The Hall–Kier alpha value is -3.21. The molecule has 0 saturated carbocycles. The molecule has 0 aliphatic carbocycles. The number of hydrogen-bond acceptors (Lipinski definition) is 8. The summed E-state index contributed by atoms with van der Waals surface area (Å²) in [5, 5.41) is 18.9. The van der Waals surface area contributed by atoms with Gasteiger partial charge in [0.1, 0.15) is 0 Å². The summed E-state index contributed by atoms with van der Waals surface area (Å²) in [6, 6.07) is 10.4. The number of benzene rings is 2. The molecular weight excluding hydrogens is 396 g/mol. The van der Waals surface area contributed by atoms with Crippen LogP contribution in [0.1, 0.15) is 5.56 Å². The average molecular weight is 409 g/mol. The number of nitrogens with zero attached hydrogens (tertiary/aromatic N) is 3. The highest BCUT2D eigenvalue weighted by Crippen LogP contribution is 2.32. The number of thioether (sulfide) groups is 1. The number of alkyl halides is 2. The van der Waals surface area contributed by atoms with Crippen molar-refractivity contribution >= 4 is 17.4 Å². The van der Waals surface area contributed by atoms with Gasteiger partial charge in [-0.25, -0.2) is 0 Å². The predicted octanol–water partition coefficient (Wildman–Crippen LogP) is 4.55. The number of non-ortho nitro benzene ring substituents is 1. The van der Waals surface area contributed by atoms with Crippen LogP contribution >= 0.6 is 11.8 Å². The molecule has 8 nitrogen and oxygen atoms in total. The lowest BCUT2D eigenvalue weighted by atomic mass is 10.2. The molecule has 0 radical (unpaired) electrons. The van der Waals surface area contributed by atoms with Crippen LogP contribution in [0.3, 0.4) is 0 Å². The number of ether oxygens (including phenoxy) is 2. The van der Waals surface area contributed by atoms with Crippen molar-refractivity contribution in [2.75, 3.05) is 7.11 Å². The molecule has 0 spiro atoms. The first-order valence-corrected chi connectivity index (χ1v) is 8.77. The SMILES string of the molecule is COc1cc(CSc2nnc(-c3cccc([N+](=O)[O-])c3)o2)ccc1OC(F)F. The molecule has 3 aromatic rings. The summed E-state index contributed by atoms with van der Waals surface area (Å²) < 4.78 is 39.7. The molecule has 0 N–H and O–H groups in total. The van der Waals surface area contributed by atoms with Gasteiger partial charge in [-0.1, -0.05) is 23.9 Å². The van der Waals surface area contributed by atoms with Gasteiger partial charge in [-0.15, -0.1) is 10.2 Å². The lowest BCUT2D eigenvalue weighted by Crippen LogP contribution is -2.03. The zero-order chi connectivity index (χ0) is 20.1. The zero-order valence-corrected chi connectivity index (χ0v) is 15.2. The number of rotatable bonds is 8. The van der Waals surface area contributed by atoms with Gasteiger partial charge in [-0.05, 0) is 23.8 Å². The van der Waals surface area contributed by atoms with Crippen LogP contribution < -0.4 is 9.47 Å². The fourth-order valence-electron chi connectivity index (χ4n) is 2.28. The maximum atomic E-state index is 12.4. The van der Waals surface area contributed by atoms with E-state index < -0.39 is 11.5 Å². The fraction of sp³-hybridized carbons (Fsp3) is 0.176. The van der Waals surface area contributed by atoms with Gasteiger partial charge < -0.3 is 13.9 Å². The van der Waals surface area contributed by atoms with Gasteiger partial charge in [-0.2, -0.15) is 8.78 Å². The van der Waals surface area contributed by atoms with Crippen molar-refractivity contribution < 1.29 is 27.6 Å². The molecule has 28 heavy (non-hydrogen) atoms. The first-order chi connectivity index (χ1) is 13.5. The summed E-state index contributed by atoms with van der Waals surface area (Å²) in [6.45, 7) is -2.94. The van der Waals surface area contributed by atoms with Crippen molar-refractivity contribution in [2.24, 2.45) is 0 Å². The van der Waals surface area contributed by atoms with E-state index in [2.05, 4.69) is 14.9 Å². The number of nitro benzene ring substituents is 1. The number of halogens is 2. The maximum absolute atomic E-state index is 12.4. The van der Waals surface area contributed by atoms with Crippen molar-refractivity contribution in [2.45, 2.75) is 17.6 Å². The second-order valence-corrected chi connectivity index (χ2v) is 6.26. The minimum absolute atomic E-state index is 0.0583. The first-order valence-electron chi connectivity index (χ1n) is 7.79. The Morgan fingerprint density at radius 1 is 1.21 bits per heavy atom. The van der Waals surface area contributed by atoms with Gasteiger partial charge in [0.25, 0.3) is 10.9 Å². The third kappa shape index (κ3) is 4.74. The van der Waals surface area contributed by atoms with Crippen LogP contribution in [-0.2, 0) is 5.75 Å².